The molecule has 0 spiro atoms. The van der Waals surface area contributed by atoms with Gasteiger partial charge in [0.25, 0.3) is 0 Å². The summed E-state index contributed by atoms with van der Waals surface area (Å²) in [5, 5.41) is 11.6. The highest BCUT2D eigenvalue weighted by Gasteiger charge is 2.24. The number of likely N-dealkylation sites (tertiary alicyclic amines) is 1. The molecule has 9 heteroatoms. The second-order valence-corrected chi connectivity index (χ2v) is 7.12. The van der Waals surface area contributed by atoms with Crippen LogP contribution in [0.15, 0.2) is 24.4 Å². The Hall–Kier alpha value is -2.03. The van der Waals surface area contributed by atoms with Crippen LogP contribution < -0.4 is 11.1 Å². The minimum Gasteiger partial charge on any atom is -0.354 e. The summed E-state index contributed by atoms with van der Waals surface area (Å²) >= 11 is 6.10. The number of halogens is 2. The lowest BCUT2D eigenvalue weighted by Crippen LogP contribution is -2.46. The van der Waals surface area contributed by atoms with E-state index in [1.807, 2.05) is 0 Å². The quantitative estimate of drug-likeness (QED) is 0.748. The lowest BCUT2D eigenvalue weighted by atomic mass is 10.0. The van der Waals surface area contributed by atoms with Crippen molar-refractivity contribution >= 4 is 17.5 Å². The monoisotopic (exact) mass is 394 g/mol. The van der Waals surface area contributed by atoms with Gasteiger partial charge in [0.15, 0.2) is 0 Å². The van der Waals surface area contributed by atoms with Crippen LogP contribution in [0.25, 0.3) is 5.69 Å². The number of amides is 1. The molecule has 1 aliphatic heterocycles. The Labute approximate surface area is 162 Å². The Kier molecular flexibility index (Phi) is 6.76. The number of aromatic nitrogens is 3. The van der Waals surface area contributed by atoms with Crippen LogP contribution in [0.2, 0.25) is 5.02 Å². The zero-order valence-electron chi connectivity index (χ0n) is 15.1. The van der Waals surface area contributed by atoms with Gasteiger partial charge in [0.1, 0.15) is 5.82 Å². The third kappa shape index (κ3) is 5.24. The Morgan fingerprint density at radius 3 is 3.04 bits per heavy atom. The second kappa shape index (κ2) is 9.25. The van der Waals surface area contributed by atoms with Gasteiger partial charge in [0, 0.05) is 32.1 Å². The van der Waals surface area contributed by atoms with Crippen molar-refractivity contribution in [2.24, 2.45) is 5.73 Å². The van der Waals surface area contributed by atoms with Gasteiger partial charge in [-0.2, -0.15) is 0 Å². The van der Waals surface area contributed by atoms with Crippen molar-refractivity contribution in [1.82, 2.24) is 25.2 Å². The van der Waals surface area contributed by atoms with E-state index in [1.165, 1.54) is 12.1 Å². The first-order valence-corrected chi connectivity index (χ1v) is 9.52. The molecule has 146 valence electrons. The van der Waals surface area contributed by atoms with E-state index in [9.17, 15) is 9.18 Å². The van der Waals surface area contributed by atoms with Gasteiger partial charge in [0.05, 0.1) is 22.6 Å². The van der Waals surface area contributed by atoms with Crippen LogP contribution in [0.4, 0.5) is 4.39 Å². The van der Waals surface area contributed by atoms with Crippen LogP contribution in [0.1, 0.15) is 31.4 Å². The molecule has 2 aromatic rings. The van der Waals surface area contributed by atoms with Crippen molar-refractivity contribution in [2.45, 2.75) is 38.3 Å². The Bertz CT molecular complexity index is 783. The van der Waals surface area contributed by atoms with Crippen molar-refractivity contribution in [1.29, 1.82) is 0 Å². The van der Waals surface area contributed by atoms with Crippen molar-refractivity contribution in [3.05, 3.63) is 40.9 Å². The Morgan fingerprint density at radius 1 is 1.41 bits per heavy atom. The SMILES string of the molecule is NCCC(=O)NCC1CCCCN1Cc1cn(-c2ccc(F)cc2Cl)nn1. The predicted molar refractivity (Wildman–Crippen MR) is 101 cm³/mol. The number of piperidine rings is 1. The molecule has 3 rings (SSSR count). The Morgan fingerprint density at radius 2 is 2.26 bits per heavy atom. The largest absolute Gasteiger partial charge is 0.354 e. The zero-order chi connectivity index (χ0) is 19.2. The van der Waals surface area contributed by atoms with Gasteiger partial charge < -0.3 is 11.1 Å². The van der Waals surface area contributed by atoms with Crippen molar-refractivity contribution < 1.29 is 9.18 Å². The third-order valence-electron chi connectivity index (χ3n) is 4.72. The van der Waals surface area contributed by atoms with Crippen LogP contribution in [0.5, 0.6) is 0 Å². The molecule has 2 heterocycles. The molecule has 0 bridgehead atoms. The summed E-state index contributed by atoms with van der Waals surface area (Å²) in [5.74, 6) is -0.406. The van der Waals surface area contributed by atoms with Crippen LogP contribution in [0.3, 0.4) is 0 Å². The van der Waals surface area contributed by atoms with Gasteiger partial charge in [-0.05, 0) is 37.6 Å². The molecular weight excluding hydrogens is 371 g/mol. The summed E-state index contributed by atoms with van der Waals surface area (Å²) in [6, 6.07) is 4.43. The molecule has 0 radical (unpaired) electrons. The van der Waals surface area contributed by atoms with E-state index >= 15 is 0 Å². The lowest BCUT2D eigenvalue weighted by Gasteiger charge is -2.35. The van der Waals surface area contributed by atoms with Crippen molar-refractivity contribution in [3.63, 3.8) is 0 Å². The molecule has 1 aliphatic rings. The molecule has 0 aliphatic carbocycles. The van der Waals surface area contributed by atoms with E-state index in [0.717, 1.165) is 31.5 Å². The molecule has 1 fully saturated rings. The van der Waals surface area contributed by atoms with Gasteiger partial charge in [-0.15, -0.1) is 5.10 Å². The number of nitrogens with one attached hydrogen (secondary N) is 1. The maximum Gasteiger partial charge on any atom is 0.221 e. The fourth-order valence-corrected chi connectivity index (χ4v) is 3.57. The van der Waals surface area contributed by atoms with Gasteiger partial charge in [-0.25, -0.2) is 9.07 Å². The smallest absolute Gasteiger partial charge is 0.221 e. The molecule has 7 nitrogen and oxygen atoms in total. The van der Waals surface area contributed by atoms with Crippen LogP contribution in [0, 0.1) is 5.82 Å². The van der Waals surface area contributed by atoms with E-state index in [4.69, 9.17) is 17.3 Å². The van der Waals surface area contributed by atoms with Gasteiger partial charge >= 0.3 is 0 Å². The summed E-state index contributed by atoms with van der Waals surface area (Å²) < 4.78 is 14.8. The fraction of sp³-hybridized carbons (Fsp3) is 0.500. The summed E-state index contributed by atoms with van der Waals surface area (Å²) in [6.07, 6.45) is 5.44. The number of hydrogen-bond acceptors (Lipinski definition) is 5. The highest BCUT2D eigenvalue weighted by molar-refractivity contribution is 6.32. The van der Waals surface area contributed by atoms with Gasteiger partial charge in [0.2, 0.25) is 5.91 Å². The normalized spacial score (nSPS) is 17.8. The standard InChI is InChI=1S/C18H24ClFN6O/c19-16-9-13(20)4-5-17(16)26-12-14(23-24-26)11-25-8-2-1-3-15(25)10-22-18(27)6-7-21/h4-5,9,12,15H,1-3,6-8,10-11,21H2,(H,22,27). The summed E-state index contributed by atoms with van der Waals surface area (Å²) in [6.45, 7) is 2.55. The van der Waals surface area contributed by atoms with Crippen molar-refractivity contribution in [3.8, 4) is 5.69 Å². The number of rotatable bonds is 7. The topological polar surface area (TPSA) is 89.1 Å². The number of nitrogens with zero attached hydrogens (tertiary/aromatic N) is 4. The highest BCUT2D eigenvalue weighted by Crippen LogP contribution is 2.22. The van der Waals surface area contributed by atoms with Crippen LogP contribution >= 0.6 is 11.6 Å². The van der Waals surface area contributed by atoms with Crippen LogP contribution in [-0.4, -0.2) is 51.5 Å². The minimum atomic E-state index is -0.392. The first-order valence-electron chi connectivity index (χ1n) is 9.14. The molecule has 1 aromatic carbocycles. The maximum atomic E-state index is 13.2. The fourth-order valence-electron chi connectivity index (χ4n) is 3.31. The van der Waals surface area contributed by atoms with E-state index in [-0.39, 0.29) is 17.0 Å². The summed E-state index contributed by atoms with van der Waals surface area (Å²) in [4.78, 5) is 14.0. The van der Waals surface area contributed by atoms with E-state index < -0.39 is 5.82 Å². The second-order valence-electron chi connectivity index (χ2n) is 6.71. The Balaban J connectivity index is 1.64. The molecule has 1 amide bonds. The third-order valence-corrected chi connectivity index (χ3v) is 5.02. The average Bonchev–Trinajstić information content (AvgIpc) is 3.09. The van der Waals surface area contributed by atoms with E-state index in [1.54, 1.807) is 16.9 Å². The van der Waals surface area contributed by atoms with Crippen LogP contribution in [-0.2, 0) is 11.3 Å². The zero-order valence-corrected chi connectivity index (χ0v) is 15.8. The average molecular weight is 395 g/mol. The number of nitrogens with two attached hydrogens (primary N) is 1. The summed E-state index contributed by atoms with van der Waals surface area (Å²) in [7, 11) is 0. The molecule has 1 aromatic heterocycles. The van der Waals surface area contributed by atoms with Gasteiger partial charge in [-0.1, -0.05) is 23.2 Å². The van der Waals surface area contributed by atoms with Gasteiger partial charge in [-0.3, -0.25) is 9.69 Å². The molecule has 3 N–H and O–H groups in total. The number of benzene rings is 1. The first-order chi connectivity index (χ1) is 13.1. The predicted octanol–water partition coefficient (Wildman–Crippen LogP) is 1.88. The lowest BCUT2D eigenvalue weighted by molar-refractivity contribution is -0.121. The first kappa shape index (κ1) is 19.7. The van der Waals surface area contributed by atoms with Crippen molar-refractivity contribution in [2.75, 3.05) is 19.6 Å². The molecule has 27 heavy (non-hydrogen) atoms. The summed E-state index contributed by atoms with van der Waals surface area (Å²) in [5.41, 5.74) is 6.80. The van der Waals surface area contributed by atoms with E-state index in [0.29, 0.717) is 31.7 Å². The van der Waals surface area contributed by atoms with E-state index in [2.05, 4.69) is 20.5 Å². The number of carbonyl (C=O) groups is 1. The maximum absolute atomic E-state index is 13.2. The minimum absolute atomic E-state index is 0.0140. The number of carbonyl (C=O) groups excluding carboxylic acids is 1. The molecular formula is C18H24ClFN6O. The molecule has 1 atom stereocenters. The number of hydrogen-bond donors (Lipinski definition) is 2. The molecule has 0 saturated carbocycles. The highest BCUT2D eigenvalue weighted by atomic mass is 35.5. The molecule has 1 unspecified atom stereocenters. The molecule has 1 saturated heterocycles.